The van der Waals surface area contributed by atoms with Gasteiger partial charge in [-0.05, 0) is 43.2 Å². The number of hydrogen-bond donors (Lipinski definition) is 2. The SMILES string of the molecule is Cc1cc(SCC(=O)N=Nc2c(O)[nH]c3ccc([N+](=O)[O-])cc23)c(C)cc1Br. The van der Waals surface area contributed by atoms with Crippen LogP contribution in [-0.4, -0.2) is 26.7 Å². The van der Waals surface area contributed by atoms with Crippen LogP contribution >= 0.6 is 27.7 Å². The lowest BCUT2D eigenvalue weighted by atomic mass is 10.2. The van der Waals surface area contributed by atoms with E-state index in [4.69, 9.17) is 0 Å². The van der Waals surface area contributed by atoms with Gasteiger partial charge in [0, 0.05) is 26.9 Å². The molecule has 3 aromatic rings. The van der Waals surface area contributed by atoms with E-state index >= 15 is 0 Å². The smallest absolute Gasteiger partial charge is 0.274 e. The number of nitrogens with zero attached hydrogens (tertiary/aromatic N) is 3. The summed E-state index contributed by atoms with van der Waals surface area (Å²) in [6.07, 6.45) is 0. The lowest BCUT2D eigenvalue weighted by molar-refractivity contribution is -0.384. The largest absolute Gasteiger partial charge is 0.493 e. The van der Waals surface area contributed by atoms with Crippen molar-refractivity contribution in [1.29, 1.82) is 0 Å². The molecule has 1 heterocycles. The summed E-state index contributed by atoms with van der Waals surface area (Å²) in [5, 5.41) is 28.7. The highest BCUT2D eigenvalue weighted by Gasteiger charge is 2.15. The van der Waals surface area contributed by atoms with E-state index in [0.29, 0.717) is 10.9 Å². The second-order valence-electron chi connectivity index (χ2n) is 6.06. The molecule has 2 N–H and O–H groups in total. The van der Waals surface area contributed by atoms with Crippen LogP contribution in [0.3, 0.4) is 0 Å². The Morgan fingerprint density at radius 2 is 2.04 bits per heavy atom. The Labute approximate surface area is 172 Å². The third-order valence-corrected chi connectivity index (χ3v) is 6.01. The molecule has 1 amide bonds. The lowest BCUT2D eigenvalue weighted by Gasteiger charge is -2.07. The highest BCUT2D eigenvalue weighted by atomic mass is 79.9. The highest BCUT2D eigenvalue weighted by molar-refractivity contribution is 9.10. The maximum atomic E-state index is 12.1. The minimum atomic E-state index is -0.547. The summed E-state index contributed by atoms with van der Waals surface area (Å²) in [5.41, 5.74) is 2.40. The molecular weight excluding hydrogens is 448 g/mol. The van der Waals surface area contributed by atoms with Crippen molar-refractivity contribution < 1.29 is 14.8 Å². The number of amides is 1. The number of non-ortho nitro benzene ring substituents is 1. The third-order valence-electron chi connectivity index (χ3n) is 4.02. The number of aromatic hydroxyl groups is 1. The molecule has 3 rings (SSSR count). The number of aromatic nitrogens is 1. The zero-order valence-corrected chi connectivity index (χ0v) is 17.3. The second-order valence-corrected chi connectivity index (χ2v) is 7.93. The zero-order valence-electron chi connectivity index (χ0n) is 14.9. The van der Waals surface area contributed by atoms with Crippen LogP contribution in [0.1, 0.15) is 11.1 Å². The van der Waals surface area contributed by atoms with Crippen LogP contribution in [0.15, 0.2) is 49.9 Å². The van der Waals surface area contributed by atoms with Gasteiger partial charge in [-0.2, -0.15) is 0 Å². The Balaban J connectivity index is 1.77. The van der Waals surface area contributed by atoms with Gasteiger partial charge < -0.3 is 10.1 Å². The fourth-order valence-electron chi connectivity index (χ4n) is 2.55. The number of aromatic amines is 1. The van der Waals surface area contributed by atoms with Gasteiger partial charge in [-0.1, -0.05) is 15.9 Å². The molecule has 28 heavy (non-hydrogen) atoms. The van der Waals surface area contributed by atoms with Crippen molar-refractivity contribution in [3.63, 3.8) is 0 Å². The molecule has 0 spiro atoms. The van der Waals surface area contributed by atoms with Gasteiger partial charge in [0.05, 0.1) is 16.2 Å². The van der Waals surface area contributed by atoms with Crippen LogP contribution in [0.25, 0.3) is 10.9 Å². The summed E-state index contributed by atoms with van der Waals surface area (Å²) < 4.78 is 1.00. The van der Waals surface area contributed by atoms with Gasteiger partial charge in [-0.3, -0.25) is 14.9 Å². The Bertz CT molecular complexity index is 1130. The number of nitrogens with one attached hydrogen (secondary N) is 1. The molecule has 0 saturated heterocycles. The molecule has 10 heteroatoms. The van der Waals surface area contributed by atoms with E-state index in [1.807, 2.05) is 26.0 Å². The van der Waals surface area contributed by atoms with Crippen molar-refractivity contribution in [2.45, 2.75) is 18.7 Å². The van der Waals surface area contributed by atoms with Gasteiger partial charge >= 0.3 is 0 Å². The summed E-state index contributed by atoms with van der Waals surface area (Å²) >= 11 is 4.81. The first-order valence-electron chi connectivity index (χ1n) is 8.09. The Morgan fingerprint density at radius 3 is 2.75 bits per heavy atom. The molecule has 0 fully saturated rings. The van der Waals surface area contributed by atoms with E-state index in [-0.39, 0.29) is 23.0 Å². The van der Waals surface area contributed by atoms with Gasteiger partial charge in [-0.15, -0.1) is 22.0 Å². The molecule has 0 bridgehead atoms. The number of carbonyl (C=O) groups is 1. The average Bonchev–Trinajstić information content (AvgIpc) is 2.96. The first-order chi connectivity index (χ1) is 13.3. The van der Waals surface area contributed by atoms with E-state index in [2.05, 4.69) is 31.1 Å². The minimum absolute atomic E-state index is 0.00674. The van der Waals surface area contributed by atoms with Crippen LogP contribution in [0.5, 0.6) is 5.88 Å². The Hall–Kier alpha value is -2.72. The summed E-state index contributed by atoms with van der Waals surface area (Å²) in [4.78, 5) is 26.1. The molecular formula is C18H15BrN4O4S. The first kappa shape index (κ1) is 20.0. The quantitative estimate of drug-likeness (QED) is 0.222. The van der Waals surface area contributed by atoms with E-state index < -0.39 is 10.8 Å². The fourth-order valence-corrected chi connectivity index (χ4v) is 3.89. The van der Waals surface area contributed by atoms with E-state index in [1.165, 1.54) is 30.0 Å². The molecule has 0 aliphatic heterocycles. The Morgan fingerprint density at radius 1 is 1.29 bits per heavy atom. The van der Waals surface area contributed by atoms with E-state index in [1.54, 1.807) is 0 Å². The van der Waals surface area contributed by atoms with Crippen molar-refractivity contribution in [3.05, 3.63) is 56.0 Å². The third kappa shape index (κ3) is 4.23. The number of benzene rings is 2. The molecule has 1 aromatic heterocycles. The molecule has 2 aromatic carbocycles. The second kappa shape index (κ2) is 8.11. The summed E-state index contributed by atoms with van der Waals surface area (Å²) in [6.45, 7) is 3.92. The van der Waals surface area contributed by atoms with Gasteiger partial charge in [0.15, 0.2) is 5.69 Å². The molecule has 0 saturated carbocycles. The predicted molar refractivity (Wildman–Crippen MR) is 110 cm³/mol. The van der Waals surface area contributed by atoms with Gasteiger partial charge in [0.25, 0.3) is 11.6 Å². The number of fused-ring (bicyclic) bond motifs is 1. The van der Waals surface area contributed by atoms with Crippen molar-refractivity contribution in [3.8, 4) is 5.88 Å². The summed E-state index contributed by atoms with van der Waals surface area (Å²) in [5.74, 6) is -0.711. The van der Waals surface area contributed by atoms with Crippen LogP contribution in [0.4, 0.5) is 11.4 Å². The van der Waals surface area contributed by atoms with Gasteiger partial charge in [0.1, 0.15) is 0 Å². The summed E-state index contributed by atoms with van der Waals surface area (Å²) in [7, 11) is 0. The van der Waals surface area contributed by atoms with Crippen LogP contribution in [0.2, 0.25) is 0 Å². The van der Waals surface area contributed by atoms with Crippen molar-refractivity contribution in [2.75, 3.05) is 5.75 Å². The van der Waals surface area contributed by atoms with Crippen LogP contribution in [-0.2, 0) is 4.79 Å². The van der Waals surface area contributed by atoms with Crippen LogP contribution < -0.4 is 0 Å². The zero-order chi connectivity index (χ0) is 20.4. The standard InChI is InChI=1S/C18H15BrN4O4S/c1-9-6-15(10(2)5-13(9)19)28-8-16(24)21-22-17-12-7-11(23(26)27)3-4-14(12)20-18(17)25/h3-7,20,25H,8H2,1-2H3. The predicted octanol–water partition coefficient (Wildman–Crippen LogP) is 5.56. The molecule has 0 aliphatic carbocycles. The molecule has 0 atom stereocenters. The van der Waals surface area contributed by atoms with Gasteiger partial charge in [-0.25, -0.2) is 0 Å². The number of thioether (sulfide) groups is 1. The Kier molecular flexibility index (Phi) is 5.80. The monoisotopic (exact) mass is 462 g/mol. The van der Waals surface area contributed by atoms with E-state index in [9.17, 15) is 20.0 Å². The van der Waals surface area contributed by atoms with Crippen molar-refractivity contribution >= 4 is 55.9 Å². The maximum absolute atomic E-state index is 12.1. The number of hydrogen-bond acceptors (Lipinski definition) is 6. The topological polar surface area (TPSA) is 121 Å². The van der Waals surface area contributed by atoms with E-state index in [0.717, 1.165) is 20.5 Å². The minimum Gasteiger partial charge on any atom is -0.493 e. The maximum Gasteiger partial charge on any atom is 0.274 e. The molecule has 0 radical (unpaired) electrons. The van der Waals surface area contributed by atoms with Crippen LogP contribution in [0, 0.1) is 24.0 Å². The molecule has 144 valence electrons. The normalized spacial score (nSPS) is 11.4. The number of carbonyl (C=O) groups excluding carboxylic acids is 1. The van der Waals surface area contributed by atoms with Crippen molar-refractivity contribution in [2.24, 2.45) is 10.2 Å². The number of aryl methyl sites for hydroxylation is 2. The molecule has 0 aliphatic rings. The number of rotatable bonds is 5. The van der Waals surface area contributed by atoms with Gasteiger partial charge in [0.2, 0.25) is 5.88 Å². The first-order valence-corrected chi connectivity index (χ1v) is 9.87. The molecule has 0 unspecified atom stereocenters. The number of azo groups is 1. The lowest BCUT2D eigenvalue weighted by Crippen LogP contribution is -1.96. The van der Waals surface area contributed by atoms with Crippen molar-refractivity contribution in [1.82, 2.24) is 4.98 Å². The number of halogens is 1. The summed E-state index contributed by atoms with van der Waals surface area (Å²) in [6, 6.07) is 8.01. The highest BCUT2D eigenvalue weighted by Crippen LogP contribution is 2.37. The fraction of sp³-hybridized carbons (Fsp3) is 0.167. The number of H-pyrrole nitrogens is 1. The number of nitro groups is 1. The average molecular weight is 463 g/mol. The molecule has 8 nitrogen and oxygen atoms in total. The number of nitro benzene ring substituents is 1.